The van der Waals surface area contributed by atoms with Crippen LogP contribution >= 0.6 is 0 Å². The maximum atomic E-state index is 11.7. The molecule has 0 aliphatic rings. The summed E-state index contributed by atoms with van der Waals surface area (Å²) in [4.78, 5) is 11.7. The highest BCUT2D eigenvalue weighted by Gasteiger charge is 2.29. The molecule has 5 heteroatoms. The van der Waals surface area contributed by atoms with E-state index in [0.717, 1.165) is 11.1 Å². The summed E-state index contributed by atoms with van der Waals surface area (Å²) in [6, 6.07) is 7.60. The van der Waals surface area contributed by atoms with Gasteiger partial charge in [-0.1, -0.05) is 29.8 Å². The third-order valence-corrected chi connectivity index (χ3v) is 2.77. The van der Waals surface area contributed by atoms with Gasteiger partial charge in [-0.25, -0.2) is 0 Å². The molecule has 0 fully saturated rings. The molecule has 19 heavy (non-hydrogen) atoms. The average molecular weight is 265 g/mol. The summed E-state index contributed by atoms with van der Waals surface area (Å²) in [6.07, 6.45) is 2.92. The lowest BCUT2D eigenvalue weighted by Crippen LogP contribution is -2.56. The molecule has 0 bridgehead atoms. The highest BCUT2D eigenvalue weighted by atomic mass is 16.3. The van der Waals surface area contributed by atoms with Crippen molar-refractivity contribution in [2.24, 2.45) is 0 Å². The molecule has 1 rings (SSSR count). The summed E-state index contributed by atoms with van der Waals surface area (Å²) in [5, 5.41) is 29.7. The maximum absolute atomic E-state index is 11.7. The van der Waals surface area contributed by atoms with Gasteiger partial charge in [0.25, 0.3) is 0 Å². The minimum absolute atomic E-state index is 0.487. The van der Waals surface area contributed by atoms with Gasteiger partial charge in [-0.15, -0.1) is 0 Å². The second-order valence-corrected chi connectivity index (χ2v) is 4.49. The summed E-state index contributed by atoms with van der Waals surface area (Å²) >= 11 is 0. The summed E-state index contributed by atoms with van der Waals surface area (Å²) in [5.74, 6) is -0.487. The van der Waals surface area contributed by atoms with Gasteiger partial charge in [-0.05, 0) is 18.6 Å². The number of hydrogen-bond acceptors (Lipinski definition) is 4. The van der Waals surface area contributed by atoms with Gasteiger partial charge in [-0.3, -0.25) is 4.79 Å². The molecule has 1 aromatic rings. The van der Waals surface area contributed by atoms with E-state index in [-0.39, 0.29) is 0 Å². The van der Waals surface area contributed by atoms with E-state index in [2.05, 4.69) is 5.32 Å². The van der Waals surface area contributed by atoms with Crippen LogP contribution in [0.2, 0.25) is 0 Å². The van der Waals surface area contributed by atoms with Crippen LogP contribution in [0.3, 0.4) is 0 Å². The molecular weight excluding hydrogens is 246 g/mol. The largest absolute Gasteiger partial charge is 0.394 e. The monoisotopic (exact) mass is 265 g/mol. The number of benzene rings is 1. The number of amides is 1. The van der Waals surface area contributed by atoms with Crippen LogP contribution < -0.4 is 5.32 Å². The van der Waals surface area contributed by atoms with Crippen LogP contribution in [-0.4, -0.2) is 46.6 Å². The zero-order valence-corrected chi connectivity index (χ0v) is 10.8. The molecule has 0 aromatic heterocycles. The average Bonchev–Trinajstić information content (AvgIpc) is 2.43. The van der Waals surface area contributed by atoms with Gasteiger partial charge in [0.2, 0.25) is 5.91 Å². The van der Waals surface area contributed by atoms with Crippen molar-refractivity contribution in [3.8, 4) is 0 Å². The summed E-state index contributed by atoms with van der Waals surface area (Å²) in [6.45, 7) is 0.337. The summed E-state index contributed by atoms with van der Waals surface area (Å²) in [7, 11) is 0. The standard InChI is InChI=1S/C14H19NO4/c1-11-3-2-4-12(7-11)5-6-13(19)15-14(8-16,9-17)10-18/h2-7,16-18H,8-10H2,1H3,(H,15,19)/b6-5+. The van der Waals surface area contributed by atoms with Crippen LogP contribution in [-0.2, 0) is 4.79 Å². The molecule has 0 saturated carbocycles. The van der Waals surface area contributed by atoms with Gasteiger partial charge in [0, 0.05) is 6.08 Å². The first kappa shape index (κ1) is 15.4. The lowest BCUT2D eigenvalue weighted by Gasteiger charge is -2.27. The highest BCUT2D eigenvalue weighted by Crippen LogP contribution is 2.06. The number of hydrogen-bond donors (Lipinski definition) is 4. The molecule has 4 N–H and O–H groups in total. The van der Waals surface area contributed by atoms with Gasteiger partial charge in [-0.2, -0.15) is 0 Å². The Bertz CT molecular complexity index is 444. The van der Waals surface area contributed by atoms with Gasteiger partial charge in [0.05, 0.1) is 19.8 Å². The van der Waals surface area contributed by atoms with Crippen LogP contribution in [0.4, 0.5) is 0 Å². The Hall–Kier alpha value is -1.69. The molecule has 104 valence electrons. The fraction of sp³-hybridized carbons (Fsp3) is 0.357. The predicted octanol–water partition coefficient (Wildman–Crippen LogP) is -0.160. The second-order valence-electron chi connectivity index (χ2n) is 4.49. The molecule has 0 radical (unpaired) electrons. The Labute approximate surface area is 112 Å². The summed E-state index contributed by atoms with van der Waals surface area (Å²) in [5.41, 5.74) is 0.560. The molecule has 0 aliphatic carbocycles. The second kappa shape index (κ2) is 7.04. The molecule has 0 heterocycles. The number of aliphatic hydroxyl groups is 3. The number of aryl methyl sites for hydroxylation is 1. The van der Waals surface area contributed by atoms with Crippen molar-refractivity contribution in [1.29, 1.82) is 0 Å². The number of aliphatic hydroxyl groups excluding tert-OH is 3. The van der Waals surface area contributed by atoms with E-state index in [0.29, 0.717) is 0 Å². The zero-order chi connectivity index (χ0) is 14.3. The third kappa shape index (κ3) is 4.48. The number of carbonyl (C=O) groups excluding carboxylic acids is 1. The first-order valence-corrected chi connectivity index (χ1v) is 5.95. The fourth-order valence-corrected chi connectivity index (χ4v) is 1.52. The molecular formula is C14H19NO4. The van der Waals surface area contributed by atoms with Crippen molar-refractivity contribution in [2.45, 2.75) is 12.5 Å². The van der Waals surface area contributed by atoms with Crippen LogP contribution in [0, 0.1) is 6.92 Å². The van der Waals surface area contributed by atoms with Gasteiger partial charge < -0.3 is 20.6 Å². The SMILES string of the molecule is Cc1cccc(/C=C/C(=O)NC(CO)(CO)CO)c1. The van der Waals surface area contributed by atoms with Crippen molar-refractivity contribution in [3.05, 3.63) is 41.5 Å². The smallest absolute Gasteiger partial charge is 0.244 e. The summed E-state index contributed by atoms with van der Waals surface area (Å²) < 4.78 is 0. The van der Waals surface area contributed by atoms with E-state index in [4.69, 9.17) is 15.3 Å². The van der Waals surface area contributed by atoms with Crippen LogP contribution in [0.5, 0.6) is 0 Å². The van der Waals surface area contributed by atoms with E-state index >= 15 is 0 Å². The van der Waals surface area contributed by atoms with Crippen molar-refractivity contribution < 1.29 is 20.1 Å². The van der Waals surface area contributed by atoms with E-state index in [1.54, 1.807) is 6.08 Å². The normalized spacial score (nSPS) is 11.8. The minimum atomic E-state index is -1.39. The fourth-order valence-electron chi connectivity index (χ4n) is 1.52. The Balaban J connectivity index is 2.69. The Morgan fingerprint density at radius 1 is 1.26 bits per heavy atom. The Morgan fingerprint density at radius 3 is 2.42 bits per heavy atom. The van der Waals surface area contributed by atoms with Gasteiger partial charge >= 0.3 is 0 Å². The number of rotatable bonds is 6. The third-order valence-electron chi connectivity index (χ3n) is 2.77. The Kier molecular flexibility index (Phi) is 5.69. The van der Waals surface area contributed by atoms with E-state index in [1.165, 1.54) is 6.08 Å². The lowest BCUT2D eigenvalue weighted by molar-refractivity contribution is -0.120. The van der Waals surface area contributed by atoms with Crippen LogP contribution in [0.15, 0.2) is 30.3 Å². The Morgan fingerprint density at radius 2 is 1.89 bits per heavy atom. The predicted molar refractivity (Wildman–Crippen MR) is 72.3 cm³/mol. The molecule has 1 aromatic carbocycles. The molecule has 0 atom stereocenters. The van der Waals surface area contributed by atoms with Gasteiger partial charge in [0.1, 0.15) is 5.54 Å². The first-order valence-electron chi connectivity index (χ1n) is 5.95. The van der Waals surface area contributed by atoms with Crippen molar-refractivity contribution >= 4 is 12.0 Å². The minimum Gasteiger partial charge on any atom is -0.394 e. The molecule has 0 saturated heterocycles. The lowest BCUT2D eigenvalue weighted by atomic mass is 10.0. The highest BCUT2D eigenvalue weighted by molar-refractivity contribution is 5.92. The van der Waals surface area contributed by atoms with E-state index in [9.17, 15) is 4.79 Å². The van der Waals surface area contributed by atoms with Crippen LogP contribution in [0.1, 0.15) is 11.1 Å². The zero-order valence-electron chi connectivity index (χ0n) is 10.8. The molecule has 0 aliphatic heterocycles. The molecule has 1 amide bonds. The topological polar surface area (TPSA) is 89.8 Å². The first-order chi connectivity index (χ1) is 9.05. The van der Waals surface area contributed by atoms with Gasteiger partial charge in [0.15, 0.2) is 0 Å². The number of nitrogens with one attached hydrogen (secondary N) is 1. The number of carbonyl (C=O) groups is 1. The van der Waals surface area contributed by atoms with Crippen molar-refractivity contribution in [2.75, 3.05) is 19.8 Å². The van der Waals surface area contributed by atoms with Crippen molar-refractivity contribution in [1.82, 2.24) is 5.32 Å². The van der Waals surface area contributed by atoms with E-state index in [1.807, 2.05) is 31.2 Å². The molecule has 0 spiro atoms. The van der Waals surface area contributed by atoms with Crippen LogP contribution in [0.25, 0.3) is 6.08 Å². The molecule has 5 nitrogen and oxygen atoms in total. The van der Waals surface area contributed by atoms with Crippen molar-refractivity contribution in [3.63, 3.8) is 0 Å². The quantitative estimate of drug-likeness (QED) is 0.538. The molecule has 0 unspecified atom stereocenters. The van der Waals surface area contributed by atoms with E-state index < -0.39 is 31.3 Å². The maximum Gasteiger partial charge on any atom is 0.244 e.